The molecule has 0 aliphatic carbocycles. The van der Waals surface area contributed by atoms with E-state index >= 15 is 0 Å². The van der Waals surface area contributed by atoms with Crippen LogP contribution in [-0.2, 0) is 9.53 Å². The van der Waals surface area contributed by atoms with Crippen LogP contribution in [0, 0.1) is 0 Å². The third-order valence-corrected chi connectivity index (χ3v) is 4.66. The number of anilines is 2. The van der Waals surface area contributed by atoms with Gasteiger partial charge in [0.05, 0.1) is 25.1 Å². The highest BCUT2D eigenvalue weighted by atomic mass is 16.5. The van der Waals surface area contributed by atoms with E-state index in [4.69, 9.17) is 9.15 Å². The highest BCUT2D eigenvalue weighted by Crippen LogP contribution is 2.23. The van der Waals surface area contributed by atoms with Crippen molar-refractivity contribution >= 4 is 28.9 Å². The zero-order chi connectivity index (χ0) is 19.2. The minimum Gasteiger partial charge on any atom is -0.465 e. The van der Waals surface area contributed by atoms with E-state index in [-0.39, 0.29) is 5.91 Å². The molecule has 2 heterocycles. The molecule has 4 rings (SSSR count). The summed E-state index contributed by atoms with van der Waals surface area (Å²) in [7, 11) is 0. The van der Waals surface area contributed by atoms with Crippen molar-refractivity contribution in [3.63, 3.8) is 0 Å². The average molecular weight is 374 g/mol. The number of nitrogens with zero attached hydrogens (tertiary/aromatic N) is 1. The molecule has 0 bridgehead atoms. The second kappa shape index (κ2) is 8.59. The number of hydrogen-bond donors (Lipinski definition) is 1. The van der Waals surface area contributed by atoms with E-state index < -0.39 is 0 Å². The third kappa shape index (κ3) is 4.32. The Morgan fingerprint density at radius 2 is 1.68 bits per heavy atom. The van der Waals surface area contributed by atoms with Gasteiger partial charge in [-0.15, -0.1) is 0 Å². The lowest BCUT2D eigenvalue weighted by Crippen LogP contribution is -2.36. The highest BCUT2D eigenvalue weighted by Gasteiger charge is 2.14. The lowest BCUT2D eigenvalue weighted by atomic mass is 10.0. The lowest BCUT2D eigenvalue weighted by molar-refractivity contribution is -0.111. The monoisotopic (exact) mass is 374 g/mol. The maximum Gasteiger partial charge on any atom is 0.256 e. The minimum atomic E-state index is -0.179. The van der Waals surface area contributed by atoms with Crippen molar-refractivity contribution in [3.8, 4) is 0 Å². The first-order chi connectivity index (χ1) is 13.8. The van der Waals surface area contributed by atoms with Gasteiger partial charge in [0.15, 0.2) is 0 Å². The first kappa shape index (κ1) is 18.1. The van der Waals surface area contributed by atoms with Crippen molar-refractivity contribution in [2.75, 3.05) is 36.5 Å². The van der Waals surface area contributed by atoms with Gasteiger partial charge in [0.2, 0.25) is 0 Å². The molecule has 2 aromatic carbocycles. The van der Waals surface area contributed by atoms with Gasteiger partial charge in [-0.05, 0) is 48.0 Å². The smallest absolute Gasteiger partial charge is 0.256 e. The number of benzene rings is 2. The molecule has 0 unspecified atom stereocenters. The number of furan rings is 1. The van der Waals surface area contributed by atoms with E-state index in [1.54, 1.807) is 18.4 Å². The second-order valence-electron chi connectivity index (χ2n) is 6.54. The Morgan fingerprint density at radius 3 is 2.36 bits per heavy atom. The van der Waals surface area contributed by atoms with Gasteiger partial charge in [-0.2, -0.15) is 0 Å². The number of nitrogens with one attached hydrogen (secondary N) is 1. The normalized spacial score (nSPS) is 14.7. The van der Waals surface area contributed by atoms with Gasteiger partial charge >= 0.3 is 0 Å². The van der Waals surface area contributed by atoms with Gasteiger partial charge in [0.1, 0.15) is 5.76 Å². The Bertz CT molecular complexity index is 926. The van der Waals surface area contributed by atoms with Gasteiger partial charge in [-0.1, -0.05) is 30.3 Å². The molecule has 1 saturated heterocycles. The van der Waals surface area contributed by atoms with Gasteiger partial charge in [0, 0.05) is 24.5 Å². The molecule has 0 atom stereocenters. The lowest BCUT2D eigenvalue weighted by Gasteiger charge is -2.28. The first-order valence-electron chi connectivity index (χ1n) is 9.34. The number of morpholine rings is 1. The van der Waals surface area contributed by atoms with Gasteiger partial charge in [0.25, 0.3) is 5.91 Å². The molecule has 28 heavy (non-hydrogen) atoms. The van der Waals surface area contributed by atoms with Crippen LogP contribution in [0.3, 0.4) is 0 Å². The van der Waals surface area contributed by atoms with Crippen LogP contribution >= 0.6 is 0 Å². The molecule has 1 fully saturated rings. The molecule has 1 aliphatic heterocycles. The first-order valence-corrected chi connectivity index (χ1v) is 9.34. The van der Waals surface area contributed by atoms with Crippen LogP contribution in [0.2, 0.25) is 0 Å². The van der Waals surface area contributed by atoms with Crippen molar-refractivity contribution < 1.29 is 13.9 Å². The number of ether oxygens (including phenoxy) is 1. The van der Waals surface area contributed by atoms with E-state index in [9.17, 15) is 4.79 Å². The van der Waals surface area contributed by atoms with Crippen LogP contribution < -0.4 is 10.2 Å². The van der Waals surface area contributed by atoms with Crippen molar-refractivity contribution in [1.82, 2.24) is 0 Å². The molecular weight excluding hydrogens is 352 g/mol. The molecule has 0 saturated carbocycles. The Hall–Kier alpha value is -3.31. The molecular formula is C23H22N2O3. The summed E-state index contributed by atoms with van der Waals surface area (Å²) in [6, 6.07) is 21.1. The number of amides is 1. The van der Waals surface area contributed by atoms with Crippen LogP contribution in [0.25, 0.3) is 11.6 Å². The van der Waals surface area contributed by atoms with E-state index in [2.05, 4.69) is 10.2 Å². The van der Waals surface area contributed by atoms with Crippen LogP contribution in [0.4, 0.5) is 11.4 Å². The van der Waals surface area contributed by atoms with Crippen molar-refractivity contribution in [1.29, 1.82) is 0 Å². The number of carbonyl (C=O) groups excluding carboxylic acids is 1. The second-order valence-corrected chi connectivity index (χ2v) is 6.54. The SMILES string of the molecule is O=C(Nc1ccc(N2CCOCC2)cc1)/C(=C/c1ccco1)c1ccccc1. The summed E-state index contributed by atoms with van der Waals surface area (Å²) < 4.78 is 10.8. The van der Waals surface area contributed by atoms with Crippen LogP contribution in [0.15, 0.2) is 77.4 Å². The largest absolute Gasteiger partial charge is 0.465 e. The van der Waals surface area contributed by atoms with E-state index in [1.165, 1.54) is 0 Å². The number of carbonyl (C=O) groups is 1. The molecule has 5 heteroatoms. The molecule has 3 aromatic rings. The average Bonchev–Trinajstić information content (AvgIpc) is 3.27. The predicted molar refractivity (Wildman–Crippen MR) is 111 cm³/mol. The summed E-state index contributed by atoms with van der Waals surface area (Å²) in [5.41, 5.74) is 3.27. The van der Waals surface area contributed by atoms with E-state index in [0.717, 1.165) is 43.2 Å². The fourth-order valence-corrected chi connectivity index (χ4v) is 3.19. The topological polar surface area (TPSA) is 54.7 Å². The Kier molecular flexibility index (Phi) is 5.54. The van der Waals surface area contributed by atoms with Gasteiger partial charge < -0.3 is 19.4 Å². The summed E-state index contributed by atoms with van der Waals surface area (Å²) in [5, 5.41) is 2.99. The zero-order valence-corrected chi connectivity index (χ0v) is 15.5. The third-order valence-electron chi connectivity index (χ3n) is 4.66. The highest BCUT2D eigenvalue weighted by molar-refractivity contribution is 6.29. The predicted octanol–water partition coefficient (Wildman–Crippen LogP) is 4.30. The Balaban J connectivity index is 1.53. The molecule has 1 aliphatic rings. The van der Waals surface area contributed by atoms with Crippen molar-refractivity contribution in [2.45, 2.75) is 0 Å². The van der Waals surface area contributed by atoms with Crippen LogP contribution in [0.5, 0.6) is 0 Å². The summed E-state index contributed by atoms with van der Waals surface area (Å²) in [5.74, 6) is 0.457. The molecule has 142 valence electrons. The van der Waals surface area contributed by atoms with Crippen molar-refractivity contribution in [2.24, 2.45) is 0 Å². The summed E-state index contributed by atoms with van der Waals surface area (Å²) >= 11 is 0. The molecule has 1 N–H and O–H groups in total. The van der Waals surface area contributed by atoms with Crippen LogP contribution in [0.1, 0.15) is 11.3 Å². The summed E-state index contributed by atoms with van der Waals surface area (Å²) in [4.78, 5) is 15.3. The summed E-state index contributed by atoms with van der Waals surface area (Å²) in [6.07, 6.45) is 3.35. The molecule has 1 aromatic heterocycles. The zero-order valence-electron chi connectivity index (χ0n) is 15.5. The van der Waals surface area contributed by atoms with E-state index in [1.807, 2.05) is 60.7 Å². The molecule has 0 spiro atoms. The fraction of sp³-hybridized carbons (Fsp3) is 0.174. The molecule has 1 amide bonds. The number of hydrogen-bond acceptors (Lipinski definition) is 4. The fourth-order valence-electron chi connectivity index (χ4n) is 3.19. The van der Waals surface area contributed by atoms with Crippen LogP contribution in [-0.4, -0.2) is 32.2 Å². The maximum absolute atomic E-state index is 13.0. The Labute approximate surface area is 164 Å². The Morgan fingerprint density at radius 1 is 0.929 bits per heavy atom. The maximum atomic E-state index is 13.0. The molecule has 5 nitrogen and oxygen atoms in total. The van der Waals surface area contributed by atoms with Gasteiger partial charge in [-0.25, -0.2) is 0 Å². The summed E-state index contributed by atoms with van der Waals surface area (Å²) in [6.45, 7) is 3.26. The standard InChI is InChI=1S/C23H22N2O3/c26-23(22(17-21-7-4-14-28-21)18-5-2-1-3-6-18)24-19-8-10-20(11-9-19)25-12-15-27-16-13-25/h1-11,14,17H,12-13,15-16H2,(H,24,26)/b22-17+. The molecule has 0 radical (unpaired) electrons. The van der Waals surface area contributed by atoms with Crippen molar-refractivity contribution in [3.05, 3.63) is 84.3 Å². The van der Waals surface area contributed by atoms with E-state index in [0.29, 0.717) is 11.3 Å². The number of rotatable bonds is 5. The quantitative estimate of drug-likeness (QED) is 0.677. The van der Waals surface area contributed by atoms with Gasteiger partial charge in [-0.3, -0.25) is 4.79 Å². The minimum absolute atomic E-state index is 0.179.